The molecule has 334 valence electrons. The monoisotopic (exact) mass is 934 g/mol. The standard InChI is InChI=1S/C58H45B3O6S2/c1-56(2,3)28-18-41-49-42(19-28)63-38-27-40-36(61-51-44(65-40)21-30(58(7,8)9)23-46(51)67-53-32-15-11-13-17-48(32)69-55(53)61)25-34(38)59(49)33-24-35-39(26-37(33)62-41)64-43-20-29(57(4,5)6)22-45-50(43)60(35)54-52(66-45)31-14-10-12-16-47(31)68-54/h10-27H,1-9H3. The predicted octanol–water partition coefficient (Wildman–Crippen LogP) is 10.2. The summed E-state index contributed by atoms with van der Waals surface area (Å²) >= 11 is 3.63. The lowest BCUT2D eigenvalue weighted by Crippen LogP contribution is -2.62. The van der Waals surface area contributed by atoms with E-state index in [9.17, 15) is 0 Å². The van der Waals surface area contributed by atoms with Crippen molar-refractivity contribution in [2.75, 3.05) is 0 Å². The molecule has 0 amide bonds. The summed E-state index contributed by atoms with van der Waals surface area (Å²) in [5.41, 5.74) is 10.6. The van der Waals surface area contributed by atoms with E-state index in [-0.39, 0.29) is 36.4 Å². The molecule has 6 aliphatic rings. The molecule has 9 aromatic rings. The number of hydrogen-bond donors (Lipinski definition) is 0. The van der Waals surface area contributed by atoms with Crippen molar-refractivity contribution in [3.63, 3.8) is 0 Å². The highest BCUT2D eigenvalue weighted by Gasteiger charge is 2.49. The maximum absolute atomic E-state index is 7.15. The van der Waals surface area contributed by atoms with Gasteiger partial charge in [0.1, 0.15) is 69.0 Å². The number of fused-ring (bicyclic) bond motifs is 16. The lowest BCUT2D eigenvalue weighted by Gasteiger charge is -2.38. The predicted molar refractivity (Wildman–Crippen MR) is 286 cm³/mol. The molecular weight excluding hydrogens is 889 g/mol. The molecule has 0 fully saturated rings. The number of ether oxygens (including phenoxy) is 6. The average molecular weight is 935 g/mol. The smallest absolute Gasteiger partial charge is 0.273 e. The summed E-state index contributed by atoms with van der Waals surface area (Å²) in [5.74, 6) is 10.0. The van der Waals surface area contributed by atoms with Crippen LogP contribution in [-0.4, -0.2) is 20.1 Å². The fraction of sp³-hybridized carbons (Fsp3) is 0.207. The topological polar surface area (TPSA) is 55.4 Å². The molecule has 7 aromatic carbocycles. The lowest BCUT2D eigenvalue weighted by atomic mass is 9.31. The maximum Gasteiger partial charge on any atom is 0.273 e. The number of benzene rings is 7. The van der Waals surface area contributed by atoms with Gasteiger partial charge in [-0.3, -0.25) is 0 Å². The molecule has 6 aliphatic heterocycles. The third kappa shape index (κ3) is 5.57. The van der Waals surface area contributed by atoms with E-state index in [0.29, 0.717) is 0 Å². The van der Waals surface area contributed by atoms with Gasteiger partial charge in [-0.15, -0.1) is 22.7 Å². The van der Waals surface area contributed by atoms with Crippen LogP contribution in [0.25, 0.3) is 20.2 Å². The van der Waals surface area contributed by atoms with E-state index in [2.05, 4.69) is 172 Å². The lowest BCUT2D eigenvalue weighted by molar-refractivity contribution is 0.443. The van der Waals surface area contributed by atoms with Crippen molar-refractivity contribution in [2.45, 2.75) is 78.6 Å². The molecule has 6 nitrogen and oxygen atoms in total. The Kier molecular flexibility index (Phi) is 7.72. The zero-order valence-corrected chi connectivity index (χ0v) is 41.5. The quantitative estimate of drug-likeness (QED) is 0.141. The molecule has 0 unspecified atom stereocenters. The van der Waals surface area contributed by atoms with Gasteiger partial charge in [0.15, 0.2) is 0 Å². The van der Waals surface area contributed by atoms with Crippen molar-refractivity contribution >= 4 is 111 Å². The van der Waals surface area contributed by atoms with E-state index in [0.717, 1.165) is 135 Å². The van der Waals surface area contributed by atoms with Gasteiger partial charge in [0.25, 0.3) is 20.1 Å². The van der Waals surface area contributed by atoms with Crippen LogP contribution in [0.15, 0.2) is 109 Å². The normalized spacial score (nSPS) is 15.1. The van der Waals surface area contributed by atoms with Gasteiger partial charge in [-0.1, -0.05) is 98.7 Å². The van der Waals surface area contributed by atoms with Gasteiger partial charge in [-0.2, -0.15) is 0 Å². The summed E-state index contributed by atoms with van der Waals surface area (Å²) in [6.45, 7) is 19.7. The Balaban J connectivity index is 0.974. The van der Waals surface area contributed by atoms with Crippen LogP contribution in [0, 0.1) is 0 Å². The first-order valence-corrected chi connectivity index (χ1v) is 25.7. The summed E-state index contributed by atoms with van der Waals surface area (Å²) in [7, 11) is 0. The van der Waals surface area contributed by atoms with E-state index >= 15 is 0 Å². The largest absolute Gasteiger partial charge is 0.458 e. The number of thiophene rings is 2. The molecule has 0 aliphatic carbocycles. The first-order chi connectivity index (χ1) is 33.0. The Morgan fingerprint density at radius 2 is 0.638 bits per heavy atom. The van der Waals surface area contributed by atoms with Gasteiger partial charge in [-0.25, -0.2) is 0 Å². The molecule has 0 N–H and O–H groups in total. The van der Waals surface area contributed by atoms with Crippen molar-refractivity contribution in [3.8, 4) is 69.0 Å². The highest BCUT2D eigenvalue weighted by Crippen LogP contribution is 2.47. The Hall–Kier alpha value is -6.55. The molecule has 0 saturated heterocycles. The molecule has 2 aromatic heterocycles. The Labute approximate surface area is 410 Å². The fourth-order valence-corrected chi connectivity index (χ4v) is 14.1. The molecule has 0 atom stereocenters. The van der Waals surface area contributed by atoms with Crippen LogP contribution in [0.2, 0.25) is 0 Å². The van der Waals surface area contributed by atoms with Crippen molar-refractivity contribution in [2.24, 2.45) is 0 Å². The molecular formula is C58H45B3O6S2. The van der Waals surface area contributed by atoms with E-state index in [1.807, 2.05) is 22.7 Å². The first kappa shape index (κ1) is 40.4. The number of hydrogen-bond acceptors (Lipinski definition) is 8. The van der Waals surface area contributed by atoms with Gasteiger partial charge in [-0.05, 0) is 115 Å². The fourth-order valence-electron chi connectivity index (χ4n) is 11.6. The van der Waals surface area contributed by atoms with Gasteiger partial charge < -0.3 is 28.4 Å². The minimum Gasteiger partial charge on any atom is -0.458 e. The number of rotatable bonds is 0. The molecule has 11 heteroatoms. The van der Waals surface area contributed by atoms with Crippen LogP contribution in [0.1, 0.15) is 79.0 Å². The summed E-state index contributed by atoms with van der Waals surface area (Å²) < 4.78 is 47.2. The van der Waals surface area contributed by atoms with E-state index in [1.54, 1.807) is 0 Å². The van der Waals surface area contributed by atoms with Gasteiger partial charge in [0, 0.05) is 58.2 Å². The Bertz CT molecular complexity index is 3610. The third-order valence-corrected chi connectivity index (χ3v) is 17.7. The van der Waals surface area contributed by atoms with Gasteiger partial charge >= 0.3 is 0 Å². The Morgan fingerprint density at radius 3 is 0.986 bits per heavy atom. The average Bonchev–Trinajstić information content (AvgIpc) is 3.87. The molecule has 0 saturated carbocycles. The van der Waals surface area contributed by atoms with Crippen LogP contribution in [0.5, 0.6) is 69.0 Å². The van der Waals surface area contributed by atoms with E-state index in [4.69, 9.17) is 28.4 Å². The van der Waals surface area contributed by atoms with Gasteiger partial charge in [0.05, 0.1) is 0 Å². The molecule has 8 heterocycles. The second kappa shape index (κ2) is 13.2. The van der Waals surface area contributed by atoms with E-state index in [1.165, 1.54) is 19.0 Å². The van der Waals surface area contributed by atoms with Crippen LogP contribution in [0.3, 0.4) is 0 Å². The molecule has 0 radical (unpaired) electrons. The Morgan fingerprint density at radius 1 is 0.333 bits per heavy atom. The summed E-state index contributed by atoms with van der Waals surface area (Å²) in [6, 6.07) is 39.6. The third-order valence-electron chi connectivity index (χ3n) is 15.3. The summed E-state index contributed by atoms with van der Waals surface area (Å²) in [6.07, 6.45) is 0. The summed E-state index contributed by atoms with van der Waals surface area (Å²) in [4.78, 5) is 0. The zero-order chi connectivity index (χ0) is 46.8. The molecule has 15 rings (SSSR count). The second-order valence-corrected chi connectivity index (χ2v) is 24.9. The van der Waals surface area contributed by atoms with Crippen LogP contribution in [-0.2, 0) is 16.2 Å². The van der Waals surface area contributed by atoms with Crippen LogP contribution < -0.4 is 76.2 Å². The molecule has 0 bridgehead atoms. The maximum atomic E-state index is 7.15. The summed E-state index contributed by atoms with van der Waals surface area (Å²) in [5, 5.41) is 2.26. The zero-order valence-electron chi connectivity index (χ0n) is 39.9. The van der Waals surface area contributed by atoms with Crippen molar-refractivity contribution in [3.05, 3.63) is 126 Å². The SMILES string of the molecule is CC(C)(C)c1cc2c3c(c1)Oc1cc4c(cc1B3c1cc3c(cc1O2)Oc1cc(C(C)(C)C)cc2c1B3c1sc3ccccc3c1O2)B1c2sc3ccccc3c2Oc2cc(C(C)(C)C)cc(c21)O4. The minimum atomic E-state index is -0.219. The van der Waals surface area contributed by atoms with Gasteiger partial charge in [0.2, 0.25) is 0 Å². The van der Waals surface area contributed by atoms with Crippen LogP contribution in [0.4, 0.5) is 0 Å². The highest BCUT2D eigenvalue weighted by atomic mass is 32.1. The first-order valence-electron chi connectivity index (χ1n) is 24.0. The highest BCUT2D eigenvalue weighted by molar-refractivity contribution is 7.33. The van der Waals surface area contributed by atoms with Crippen LogP contribution >= 0.6 is 22.7 Å². The minimum absolute atomic E-state index is 0.110. The van der Waals surface area contributed by atoms with Crippen molar-refractivity contribution in [1.82, 2.24) is 0 Å². The molecule has 0 spiro atoms. The second-order valence-electron chi connectivity index (χ2n) is 22.8. The van der Waals surface area contributed by atoms with Crippen molar-refractivity contribution < 1.29 is 28.4 Å². The van der Waals surface area contributed by atoms with E-state index < -0.39 is 0 Å². The van der Waals surface area contributed by atoms with Crippen molar-refractivity contribution in [1.29, 1.82) is 0 Å². The molecule has 69 heavy (non-hydrogen) atoms.